The summed E-state index contributed by atoms with van der Waals surface area (Å²) >= 11 is 0. The minimum absolute atomic E-state index is 0.0364. The third-order valence-electron chi connectivity index (χ3n) is 4.75. The van der Waals surface area contributed by atoms with Crippen LogP contribution in [0.15, 0.2) is 30.6 Å². The molecule has 23 heavy (non-hydrogen) atoms. The molecule has 2 fully saturated rings. The molecule has 0 radical (unpaired) electrons. The van der Waals surface area contributed by atoms with Crippen LogP contribution >= 0.6 is 0 Å². The highest BCUT2D eigenvalue weighted by Gasteiger charge is 2.38. The molecular weight excluding hydrogens is 294 g/mol. The lowest BCUT2D eigenvalue weighted by atomic mass is 10.0. The Bertz CT molecular complexity index is 703. The van der Waals surface area contributed by atoms with E-state index in [4.69, 9.17) is 4.74 Å². The van der Waals surface area contributed by atoms with Crippen LogP contribution in [-0.2, 0) is 0 Å². The zero-order valence-electron chi connectivity index (χ0n) is 13.0. The monoisotopic (exact) mass is 313 g/mol. The summed E-state index contributed by atoms with van der Waals surface area (Å²) in [6.45, 7) is 3.64. The summed E-state index contributed by atoms with van der Waals surface area (Å²) < 4.78 is 5.27. The summed E-state index contributed by atoms with van der Waals surface area (Å²) in [6, 6.07) is 5.40. The average Bonchev–Trinajstić information content (AvgIpc) is 3.29. The van der Waals surface area contributed by atoms with Gasteiger partial charge in [-0.15, -0.1) is 0 Å². The van der Waals surface area contributed by atoms with Crippen LogP contribution in [0.5, 0.6) is 5.75 Å². The molecule has 1 amide bonds. The molecule has 2 saturated heterocycles. The van der Waals surface area contributed by atoms with Crippen molar-refractivity contribution >= 4 is 5.91 Å². The van der Waals surface area contributed by atoms with E-state index in [0.29, 0.717) is 28.8 Å². The van der Waals surface area contributed by atoms with Gasteiger partial charge in [-0.2, -0.15) is 15.0 Å². The lowest BCUT2D eigenvalue weighted by Crippen LogP contribution is -2.32. The smallest absolute Gasteiger partial charge is 0.256 e. The second-order valence-corrected chi connectivity index (χ2v) is 6.09. The minimum atomic E-state index is 0.0364. The Hall–Kier alpha value is -2.41. The van der Waals surface area contributed by atoms with Crippen LogP contribution in [0.3, 0.4) is 0 Å². The molecule has 2 aliphatic heterocycles. The van der Waals surface area contributed by atoms with Gasteiger partial charge in [-0.05, 0) is 24.0 Å². The lowest BCUT2D eigenvalue weighted by molar-refractivity contribution is 0.0781. The predicted molar refractivity (Wildman–Crippen MR) is 83.7 cm³/mol. The number of amides is 1. The van der Waals surface area contributed by atoms with E-state index in [1.807, 2.05) is 4.90 Å². The summed E-state index contributed by atoms with van der Waals surface area (Å²) in [6.07, 6.45) is 3.19. The van der Waals surface area contributed by atoms with Gasteiger partial charge in [0.1, 0.15) is 11.4 Å². The fourth-order valence-corrected chi connectivity index (χ4v) is 3.52. The van der Waals surface area contributed by atoms with Gasteiger partial charge in [0, 0.05) is 32.2 Å². The van der Waals surface area contributed by atoms with Crippen molar-refractivity contribution < 1.29 is 9.53 Å². The Balaban J connectivity index is 1.67. The van der Waals surface area contributed by atoms with Gasteiger partial charge in [-0.1, -0.05) is 0 Å². The zero-order chi connectivity index (χ0) is 15.8. The normalized spacial score (nSPS) is 23.1. The minimum Gasteiger partial charge on any atom is -0.497 e. The molecule has 1 aromatic heterocycles. The first-order valence-electron chi connectivity index (χ1n) is 7.81. The lowest BCUT2D eigenvalue weighted by Gasteiger charge is -2.19. The maximum Gasteiger partial charge on any atom is 0.256 e. The second-order valence-electron chi connectivity index (χ2n) is 6.09. The number of fused-ring (bicyclic) bond motifs is 1. The van der Waals surface area contributed by atoms with E-state index in [9.17, 15) is 4.79 Å². The van der Waals surface area contributed by atoms with Gasteiger partial charge >= 0.3 is 0 Å². The molecule has 2 aromatic rings. The molecule has 2 atom stereocenters. The number of carbonyl (C=O) groups excluding carboxylic acids is 1. The number of rotatable bonds is 3. The van der Waals surface area contributed by atoms with Crippen LogP contribution in [0.25, 0.3) is 5.69 Å². The van der Waals surface area contributed by atoms with Crippen molar-refractivity contribution in [2.75, 3.05) is 33.3 Å². The quantitative estimate of drug-likeness (QED) is 0.897. The maximum atomic E-state index is 13.0. The fourth-order valence-electron chi connectivity index (χ4n) is 3.52. The number of nitrogens with one attached hydrogen (secondary N) is 1. The average molecular weight is 313 g/mol. The second kappa shape index (κ2) is 5.66. The van der Waals surface area contributed by atoms with E-state index in [1.54, 1.807) is 37.7 Å². The Morgan fingerprint density at radius 1 is 1.22 bits per heavy atom. The molecule has 0 bridgehead atoms. The van der Waals surface area contributed by atoms with E-state index >= 15 is 0 Å². The largest absolute Gasteiger partial charge is 0.497 e. The predicted octanol–water partition coefficient (Wildman–Crippen LogP) is 0.567. The molecule has 2 aliphatic rings. The maximum absolute atomic E-state index is 13.0. The number of hydrogen-bond acceptors (Lipinski definition) is 5. The van der Waals surface area contributed by atoms with E-state index in [1.165, 1.54) is 4.80 Å². The standard InChI is InChI=1S/C16H19N5O2/c1-23-13-2-3-14(15(6-13)21-18-4-5-19-21)16(22)20-9-11-7-17-8-12(11)10-20/h2-6,11-12,17H,7-10H2,1H3. The molecular formula is C16H19N5O2. The van der Waals surface area contributed by atoms with Crippen molar-refractivity contribution in [1.82, 2.24) is 25.2 Å². The summed E-state index contributed by atoms with van der Waals surface area (Å²) in [4.78, 5) is 16.4. The van der Waals surface area contributed by atoms with Crippen LogP contribution in [0.2, 0.25) is 0 Å². The molecule has 1 aromatic carbocycles. The van der Waals surface area contributed by atoms with Crippen molar-refractivity contribution in [2.45, 2.75) is 0 Å². The Kier molecular flexibility index (Phi) is 3.49. The van der Waals surface area contributed by atoms with Gasteiger partial charge in [0.2, 0.25) is 0 Å². The van der Waals surface area contributed by atoms with Crippen LogP contribution in [0.1, 0.15) is 10.4 Å². The van der Waals surface area contributed by atoms with E-state index < -0.39 is 0 Å². The van der Waals surface area contributed by atoms with Crippen LogP contribution in [0, 0.1) is 11.8 Å². The highest BCUT2D eigenvalue weighted by Crippen LogP contribution is 2.29. The van der Waals surface area contributed by atoms with Crippen molar-refractivity contribution in [1.29, 1.82) is 0 Å². The van der Waals surface area contributed by atoms with E-state index in [2.05, 4.69) is 15.5 Å². The molecule has 3 heterocycles. The highest BCUT2D eigenvalue weighted by molar-refractivity contribution is 5.98. The third kappa shape index (κ3) is 2.46. The van der Waals surface area contributed by atoms with Crippen molar-refractivity contribution in [3.8, 4) is 11.4 Å². The van der Waals surface area contributed by atoms with Gasteiger partial charge in [0.15, 0.2) is 0 Å². The molecule has 4 rings (SSSR count). The molecule has 120 valence electrons. The van der Waals surface area contributed by atoms with Gasteiger partial charge in [0.05, 0.1) is 25.1 Å². The van der Waals surface area contributed by atoms with Crippen LogP contribution in [-0.4, -0.2) is 59.1 Å². The van der Waals surface area contributed by atoms with Gasteiger partial charge in [0.25, 0.3) is 5.91 Å². The zero-order valence-corrected chi connectivity index (χ0v) is 13.0. The number of benzene rings is 1. The molecule has 0 spiro atoms. The number of nitrogens with zero attached hydrogens (tertiary/aromatic N) is 4. The van der Waals surface area contributed by atoms with Crippen LogP contribution in [0.4, 0.5) is 0 Å². The molecule has 0 aliphatic carbocycles. The van der Waals surface area contributed by atoms with Crippen molar-refractivity contribution in [3.05, 3.63) is 36.2 Å². The highest BCUT2D eigenvalue weighted by atomic mass is 16.5. The van der Waals surface area contributed by atoms with Crippen molar-refractivity contribution in [2.24, 2.45) is 11.8 Å². The summed E-state index contributed by atoms with van der Waals surface area (Å²) in [5.74, 6) is 1.86. The Morgan fingerprint density at radius 2 is 1.91 bits per heavy atom. The Labute approximate surface area is 134 Å². The molecule has 2 unspecified atom stereocenters. The van der Waals surface area contributed by atoms with Gasteiger partial charge in [-0.25, -0.2) is 0 Å². The number of likely N-dealkylation sites (tertiary alicyclic amines) is 1. The number of ether oxygens (including phenoxy) is 1. The SMILES string of the molecule is COc1ccc(C(=O)N2CC3CNCC3C2)c(-n2nccn2)c1. The third-order valence-corrected chi connectivity index (χ3v) is 4.75. The van der Waals surface area contributed by atoms with Crippen LogP contribution < -0.4 is 10.1 Å². The van der Waals surface area contributed by atoms with E-state index in [-0.39, 0.29) is 5.91 Å². The van der Waals surface area contributed by atoms with Gasteiger partial charge in [-0.3, -0.25) is 4.79 Å². The first kappa shape index (κ1) is 14.2. The molecule has 0 saturated carbocycles. The van der Waals surface area contributed by atoms with Gasteiger partial charge < -0.3 is 15.0 Å². The summed E-state index contributed by atoms with van der Waals surface area (Å²) in [7, 11) is 1.60. The van der Waals surface area contributed by atoms with Crippen molar-refractivity contribution in [3.63, 3.8) is 0 Å². The topological polar surface area (TPSA) is 72.3 Å². The first-order chi connectivity index (χ1) is 11.3. The molecule has 7 nitrogen and oxygen atoms in total. The first-order valence-corrected chi connectivity index (χ1v) is 7.81. The summed E-state index contributed by atoms with van der Waals surface area (Å²) in [5, 5.41) is 11.7. The molecule has 7 heteroatoms. The number of methoxy groups -OCH3 is 1. The Morgan fingerprint density at radius 3 is 2.57 bits per heavy atom. The van der Waals surface area contributed by atoms with E-state index in [0.717, 1.165) is 26.2 Å². The number of carbonyl (C=O) groups is 1. The number of aromatic nitrogens is 3. The molecule has 1 N–H and O–H groups in total. The number of hydrogen-bond donors (Lipinski definition) is 1. The summed E-state index contributed by atoms with van der Waals surface area (Å²) in [5.41, 5.74) is 1.25. The fraction of sp³-hybridized carbons (Fsp3) is 0.438.